The quantitative estimate of drug-likeness (QED) is 0.400. The van der Waals surface area contributed by atoms with Crippen LogP contribution < -0.4 is 0 Å². The molecule has 0 N–H and O–H groups in total. The average molecular weight is 434 g/mol. The smallest absolute Gasteiger partial charge is 0.162 e. The number of rotatable bonds is 1. The predicted octanol–water partition coefficient (Wildman–Crippen LogP) is 4.99. The molecule has 1 aliphatic heterocycles. The van der Waals surface area contributed by atoms with Crippen molar-refractivity contribution in [3.8, 4) is 5.00 Å². The van der Waals surface area contributed by atoms with E-state index in [2.05, 4.69) is 15.2 Å². The van der Waals surface area contributed by atoms with Gasteiger partial charge in [-0.2, -0.15) is 0 Å². The van der Waals surface area contributed by atoms with Crippen molar-refractivity contribution in [3.05, 3.63) is 63.0 Å². The van der Waals surface area contributed by atoms with E-state index in [1.54, 1.807) is 13.8 Å². The lowest BCUT2D eigenvalue weighted by Crippen LogP contribution is -2.17. The highest BCUT2D eigenvalue weighted by Crippen LogP contribution is 2.42. The Hall–Kier alpha value is -2.55. The Bertz CT molecular complexity index is 1160. The fourth-order valence-corrected chi connectivity index (χ4v) is 5.67. The number of aliphatic imine (C=N–C) groups is 1. The molecule has 3 heterocycles. The Morgan fingerprint density at radius 3 is 2.53 bits per heavy atom. The van der Waals surface area contributed by atoms with Crippen LogP contribution in [0.15, 0.2) is 23.2 Å². The summed E-state index contributed by atoms with van der Waals surface area (Å²) in [7, 11) is 0. The van der Waals surface area contributed by atoms with Gasteiger partial charge < -0.3 is 0 Å². The van der Waals surface area contributed by atoms with Crippen LogP contribution in [0, 0.1) is 18.6 Å². The molecule has 2 unspecified atom stereocenters. The van der Waals surface area contributed by atoms with E-state index in [4.69, 9.17) is 0 Å². The first-order chi connectivity index (χ1) is 14.4. The number of hydrogen-bond donors (Lipinski definition) is 0. The van der Waals surface area contributed by atoms with Gasteiger partial charge >= 0.3 is 0 Å². The summed E-state index contributed by atoms with van der Waals surface area (Å²) >= 11 is 1.29. The van der Waals surface area contributed by atoms with E-state index in [9.17, 15) is 17.6 Å². The van der Waals surface area contributed by atoms with Gasteiger partial charge in [0.05, 0.1) is 11.3 Å². The van der Waals surface area contributed by atoms with Crippen LogP contribution in [0.4, 0.5) is 17.6 Å². The van der Waals surface area contributed by atoms with Crippen molar-refractivity contribution in [3.63, 3.8) is 0 Å². The zero-order chi connectivity index (χ0) is 21.2. The van der Waals surface area contributed by atoms with Crippen molar-refractivity contribution in [2.45, 2.75) is 51.5 Å². The minimum atomic E-state index is -1.61. The third-order valence-electron chi connectivity index (χ3n) is 5.70. The van der Waals surface area contributed by atoms with Crippen LogP contribution in [0.5, 0.6) is 0 Å². The van der Waals surface area contributed by atoms with Gasteiger partial charge in [0, 0.05) is 16.9 Å². The maximum atomic E-state index is 14.8. The molecule has 0 saturated heterocycles. The second-order valence-electron chi connectivity index (χ2n) is 7.65. The molecule has 0 amide bonds. The Morgan fingerprint density at radius 1 is 1.07 bits per heavy atom. The minimum absolute atomic E-state index is 0.00788. The normalized spacial score (nSPS) is 23.1. The highest BCUT2D eigenvalue weighted by molar-refractivity contribution is 7.15. The van der Waals surface area contributed by atoms with Gasteiger partial charge in [-0.25, -0.2) is 17.6 Å². The molecule has 0 spiro atoms. The van der Waals surface area contributed by atoms with E-state index in [0.717, 1.165) is 0 Å². The summed E-state index contributed by atoms with van der Waals surface area (Å²) in [4.78, 5) is 5.32. The van der Waals surface area contributed by atoms with Gasteiger partial charge in [0.25, 0.3) is 0 Å². The number of fused-ring (bicyclic) bond motifs is 5. The fourth-order valence-electron chi connectivity index (χ4n) is 4.23. The summed E-state index contributed by atoms with van der Waals surface area (Å²) in [5.74, 6) is -0.333. The molecule has 2 aliphatic rings. The van der Waals surface area contributed by atoms with Crippen molar-refractivity contribution in [2.24, 2.45) is 4.99 Å². The maximum Gasteiger partial charge on any atom is 0.162 e. The third-order valence-corrected chi connectivity index (χ3v) is 6.94. The molecule has 0 fully saturated rings. The zero-order valence-corrected chi connectivity index (χ0v) is 17.1. The van der Waals surface area contributed by atoms with E-state index in [1.807, 2.05) is 4.57 Å². The molecule has 0 radical (unpaired) electrons. The van der Waals surface area contributed by atoms with Crippen molar-refractivity contribution in [1.29, 1.82) is 0 Å². The molecule has 156 valence electrons. The summed E-state index contributed by atoms with van der Waals surface area (Å²) in [6.07, 6.45) is -2.98. The van der Waals surface area contributed by atoms with Crippen molar-refractivity contribution in [2.75, 3.05) is 0 Å². The molecule has 3 aromatic rings. The number of nitrogens with zero attached hydrogens (tertiary/aromatic N) is 4. The van der Waals surface area contributed by atoms with Crippen molar-refractivity contribution in [1.82, 2.24) is 14.8 Å². The van der Waals surface area contributed by atoms with Crippen LogP contribution in [0.3, 0.4) is 0 Å². The van der Waals surface area contributed by atoms with Crippen LogP contribution in [0.1, 0.15) is 52.6 Å². The summed E-state index contributed by atoms with van der Waals surface area (Å²) < 4.78 is 59.8. The summed E-state index contributed by atoms with van der Waals surface area (Å²) in [5, 5.41) is 9.00. The standard InChI is InChI=1S/C21H18F4N4S/c1-9-20-28-27-10(2)29(20)21-17(11-6-7-12(22)15(25)8-16(11)30-21)19(26-9)18-13(23)4-3-5-14(18)24/h3-5,9,12,15H,6-8H2,1-2H3/t9-,12?,15?/m0/s1. The molecule has 5 rings (SSSR count). The number of thiophene rings is 1. The molecular weight excluding hydrogens is 416 g/mol. The molecule has 0 saturated carbocycles. The summed E-state index contributed by atoms with van der Waals surface area (Å²) in [5.41, 5.74) is 1.14. The first-order valence-corrected chi connectivity index (χ1v) is 10.6. The molecule has 3 atom stereocenters. The molecular formula is C21H18F4N4S. The van der Waals surface area contributed by atoms with E-state index >= 15 is 0 Å². The minimum Gasteiger partial charge on any atom is -0.273 e. The first kappa shape index (κ1) is 19.4. The lowest BCUT2D eigenvalue weighted by molar-refractivity contribution is 0.163. The van der Waals surface area contributed by atoms with Gasteiger partial charge in [0.2, 0.25) is 0 Å². The largest absolute Gasteiger partial charge is 0.273 e. The maximum absolute atomic E-state index is 14.8. The van der Waals surface area contributed by atoms with E-state index < -0.39 is 30.0 Å². The number of halogens is 4. The van der Waals surface area contributed by atoms with Gasteiger partial charge in [0.15, 0.2) is 5.82 Å². The SMILES string of the molecule is Cc1nnc2n1-c1sc3c(c1C(c1c(F)cccc1F)=N[C@H]2C)CCC(F)C(F)C3. The molecule has 4 nitrogen and oxygen atoms in total. The van der Waals surface area contributed by atoms with E-state index in [0.29, 0.717) is 32.7 Å². The molecule has 2 aromatic heterocycles. The Morgan fingerprint density at radius 2 is 1.80 bits per heavy atom. The number of benzene rings is 1. The second-order valence-corrected chi connectivity index (χ2v) is 8.73. The predicted molar refractivity (Wildman–Crippen MR) is 106 cm³/mol. The molecule has 0 bridgehead atoms. The highest BCUT2D eigenvalue weighted by atomic mass is 32.1. The van der Waals surface area contributed by atoms with Crippen molar-refractivity contribution < 1.29 is 17.6 Å². The van der Waals surface area contributed by atoms with Gasteiger partial charge in [0.1, 0.15) is 40.8 Å². The van der Waals surface area contributed by atoms with Gasteiger partial charge in [-0.1, -0.05) is 6.07 Å². The lowest BCUT2D eigenvalue weighted by atomic mass is 9.96. The fraction of sp³-hybridized carbons (Fsp3) is 0.381. The van der Waals surface area contributed by atoms with Crippen LogP contribution in [0.25, 0.3) is 5.00 Å². The Balaban J connectivity index is 1.84. The number of alkyl halides is 2. The topological polar surface area (TPSA) is 43.1 Å². The molecule has 1 aliphatic carbocycles. The second kappa shape index (κ2) is 7.01. The molecule has 9 heteroatoms. The van der Waals surface area contributed by atoms with Crippen molar-refractivity contribution >= 4 is 17.0 Å². The van der Waals surface area contributed by atoms with Gasteiger partial charge in [-0.05, 0) is 44.4 Å². The lowest BCUT2D eigenvalue weighted by Gasteiger charge is -2.13. The highest BCUT2D eigenvalue weighted by Gasteiger charge is 2.36. The number of hydrogen-bond acceptors (Lipinski definition) is 4. The third kappa shape index (κ3) is 2.82. The first-order valence-electron chi connectivity index (χ1n) is 9.74. The van der Waals surface area contributed by atoms with Crippen LogP contribution in [-0.4, -0.2) is 32.8 Å². The Labute approximate surface area is 174 Å². The monoisotopic (exact) mass is 434 g/mol. The van der Waals surface area contributed by atoms with Crippen LogP contribution in [0.2, 0.25) is 0 Å². The van der Waals surface area contributed by atoms with Gasteiger partial charge in [-0.3, -0.25) is 9.56 Å². The van der Waals surface area contributed by atoms with Crippen LogP contribution >= 0.6 is 11.3 Å². The number of aromatic nitrogens is 3. The van der Waals surface area contributed by atoms with Crippen LogP contribution in [-0.2, 0) is 12.8 Å². The summed E-state index contributed by atoms with van der Waals surface area (Å²) in [6.45, 7) is 3.56. The number of aryl methyl sites for hydroxylation is 1. The molecule has 1 aromatic carbocycles. The summed E-state index contributed by atoms with van der Waals surface area (Å²) in [6, 6.07) is 3.15. The van der Waals surface area contributed by atoms with E-state index in [1.165, 1.54) is 29.5 Å². The van der Waals surface area contributed by atoms with E-state index in [-0.39, 0.29) is 30.5 Å². The van der Waals surface area contributed by atoms with Gasteiger partial charge in [-0.15, -0.1) is 21.5 Å². The zero-order valence-electron chi connectivity index (χ0n) is 16.3. The average Bonchev–Trinajstić information content (AvgIpc) is 3.17. The molecule has 30 heavy (non-hydrogen) atoms. The Kier molecular flexibility index (Phi) is 4.53.